The first-order valence-corrected chi connectivity index (χ1v) is 10.1. The van der Waals surface area contributed by atoms with Gasteiger partial charge in [0, 0.05) is 11.3 Å². The van der Waals surface area contributed by atoms with Gasteiger partial charge in [-0.2, -0.15) is 8.78 Å². The predicted molar refractivity (Wildman–Crippen MR) is 104 cm³/mol. The quantitative estimate of drug-likeness (QED) is 0.683. The number of fused-ring (bicyclic) bond motifs is 1. The van der Waals surface area contributed by atoms with Crippen LogP contribution in [-0.2, 0) is 15.0 Å². The van der Waals surface area contributed by atoms with Gasteiger partial charge in [0.2, 0.25) is 0 Å². The molecule has 0 aliphatic carbocycles. The number of aromatic nitrogens is 2. The Bertz CT molecular complexity index is 973. The first-order valence-electron chi connectivity index (χ1n) is 9.23. The fourth-order valence-electron chi connectivity index (χ4n) is 3.48. The van der Waals surface area contributed by atoms with E-state index in [1.165, 1.54) is 23.5 Å². The summed E-state index contributed by atoms with van der Waals surface area (Å²) in [6.07, 6.45) is 0.876. The first kappa shape index (κ1) is 21.3. The predicted octanol–water partition coefficient (Wildman–Crippen LogP) is 2.31. The van der Waals surface area contributed by atoms with Gasteiger partial charge in [-0.1, -0.05) is 0 Å². The normalized spacial score (nSPS) is 25.4. The molecule has 4 heterocycles. The lowest BCUT2D eigenvalue weighted by atomic mass is 9.79. The van der Waals surface area contributed by atoms with E-state index >= 15 is 0 Å². The van der Waals surface area contributed by atoms with E-state index in [-0.39, 0.29) is 42.4 Å². The van der Waals surface area contributed by atoms with Crippen molar-refractivity contribution in [2.75, 3.05) is 25.2 Å². The Morgan fingerprint density at radius 1 is 1.45 bits per heavy atom. The molecular formula is C18H18F3N5O4S. The summed E-state index contributed by atoms with van der Waals surface area (Å²) >= 11 is 1.25. The van der Waals surface area contributed by atoms with Crippen LogP contribution in [0.15, 0.2) is 28.7 Å². The minimum Gasteiger partial charge on any atom is -0.465 e. The van der Waals surface area contributed by atoms with E-state index in [9.17, 15) is 18.0 Å². The fourth-order valence-corrected chi connectivity index (χ4v) is 4.44. The molecule has 0 radical (unpaired) electrons. The topological polar surface area (TPSA) is 121 Å². The van der Waals surface area contributed by atoms with Crippen LogP contribution in [0.4, 0.5) is 19.0 Å². The van der Waals surface area contributed by atoms with Gasteiger partial charge >= 0.3 is 6.61 Å². The number of nitrogens with one attached hydrogen (secondary N) is 1. The standard InChI is InChI=1S/C18H18F3N5O4S/c19-4-11-3-9-6-28-17(22)26-18(9,8-29-11)15-25-13(7-31-15)24-14(27)12-2-1-10(5-23-12)30-16(20)21/h1-2,5,7,9,11,16H,3-4,6,8H2,(H2,22,26)(H,24,27)/t9-,11?,18-/m1/s1. The van der Waals surface area contributed by atoms with Gasteiger partial charge in [-0.15, -0.1) is 11.3 Å². The lowest BCUT2D eigenvalue weighted by Gasteiger charge is -2.43. The molecule has 0 spiro atoms. The van der Waals surface area contributed by atoms with Crippen LogP contribution in [0.5, 0.6) is 5.75 Å². The van der Waals surface area contributed by atoms with E-state index in [0.29, 0.717) is 11.4 Å². The zero-order valence-electron chi connectivity index (χ0n) is 16.0. The number of hydrogen-bond donors (Lipinski definition) is 2. The third-order valence-electron chi connectivity index (χ3n) is 4.99. The molecule has 31 heavy (non-hydrogen) atoms. The van der Waals surface area contributed by atoms with Crippen LogP contribution < -0.4 is 15.8 Å². The van der Waals surface area contributed by atoms with Crippen LogP contribution in [0.2, 0.25) is 0 Å². The Morgan fingerprint density at radius 2 is 2.29 bits per heavy atom. The number of carbonyl (C=O) groups is 1. The van der Waals surface area contributed by atoms with Gasteiger partial charge in [0.1, 0.15) is 34.5 Å². The summed E-state index contributed by atoms with van der Waals surface area (Å²) in [6.45, 7) is -3.25. The third kappa shape index (κ3) is 4.42. The van der Waals surface area contributed by atoms with Crippen molar-refractivity contribution >= 4 is 29.1 Å². The summed E-state index contributed by atoms with van der Waals surface area (Å²) in [5.74, 6) is -0.679. The highest BCUT2D eigenvalue weighted by molar-refractivity contribution is 7.10. The SMILES string of the molecule is NC1=N[C@]2(c3nc(NC(=O)c4ccc(OC(F)F)cn4)cs3)COC(CF)C[C@@H]2CO1. The van der Waals surface area contributed by atoms with Crippen LogP contribution in [0.1, 0.15) is 21.9 Å². The molecule has 0 bridgehead atoms. The minimum absolute atomic E-state index is 0.00496. The molecular weight excluding hydrogens is 439 g/mol. The van der Waals surface area contributed by atoms with Crippen LogP contribution >= 0.6 is 11.3 Å². The molecule has 4 rings (SSSR count). The van der Waals surface area contributed by atoms with E-state index < -0.39 is 30.8 Å². The lowest BCUT2D eigenvalue weighted by molar-refractivity contribution is -0.0876. The van der Waals surface area contributed by atoms with Crippen molar-refractivity contribution in [3.8, 4) is 5.75 Å². The van der Waals surface area contributed by atoms with Crippen molar-refractivity contribution in [3.63, 3.8) is 0 Å². The van der Waals surface area contributed by atoms with Crippen LogP contribution in [0.3, 0.4) is 0 Å². The summed E-state index contributed by atoms with van der Waals surface area (Å²) in [7, 11) is 0. The van der Waals surface area contributed by atoms with E-state index in [4.69, 9.17) is 15.2 Å². The molecule has 3 N–H and O–H groups in total. The summed E-state index contributed by atoms with van der Waals surface area (Å²) in [5.41, 5.74) is 4.85. The summed E-state index contributed by atoms with van der Waals surface area (Å²) in [5, 5.41) is 4.77. The Kier molecular flexibility index (Phi) is 5.96. The maximum Gasteiger partial charge on any atom is 0.387 e. The van der Waals surface area contributed by atoms with E-state index in [0.717, 1.165) is 6.20 Å². The second-order valence-corrected chi connectivity index (χ2v) is 7.81. The van der Waals surface area contributed by atoms with Crippen molar-refractivity contribution < 1.29 is 32.2 Å². The number of alkyl halides is 3. The monoisotopic (exact) mass is 457 g/mol. The molecule has 1 amide bonds. The van der Waals surface area contributed by atoms with Crippen molar-refractivity contribution in [3.05, 3.63) is 34.4 Å². The van der Waals surface area contributed by atoms with Gasteiger partial charge in [-0.3, -0.25) is 4.79 Å². The summed E-state index contributed by atoms with van der Waals surface area (Å²) in [6, 6.07) is 2.46. The number of ether oxygens (including phenoxy) is 3. The maximum absolute atomic E-state index is 13.1. The van der Waals surface area contributed by atoms with E-state index in [1.807, 2.05) is 0 Å². The molecule has 3 atom stereocenters. The Balaban J connectivity index is 1.51. The average Bonchev–Trinajstić information content (AvgIpc) is 3.22. The van der Waals surface area contributed by atoms with Crippen molar-refractivity contribution in [1.29, 1.82) is 0 Å². The number of halogens is 3. The number of nitrogens with two attached hydrogens (primary N) is 1. The molecule has 0 saturated carbocycles. The number of anilines is 1. The van der Waals surface area contributed by atoms with Gasteiger partial charge in [-0.05, 0) is 18.6 Å². The zero-order valence-corrected chi connectivity index (χ0v) is 16.8. The van der Waals surface area contributed by atoms with Gasteiger partial charge in [0.05, 0.1) is 25.5 Å². The molecule has 9 nitrogen and oxygen atoms in total. The zero-order chi connectivity index (χ0) is 22.0. The number of aliphatic imine (C=N–C) groups is 1. The smallest absolute Gasteiger partial charge is 0.387 e. The van der Waals surface area contributed by atoms with Gasteiger partial charge in [-0.25, -0.2) is 19.4 Å². The highest BCUT2D eigenvalue weighted by Crippen LogP contribution is 2.45. The summed E-state index contributed by atoms with van der Waals surface area (Å²) < 4.78 is 52.7. The second kappa shape index (κ2) is 8.67. The molecule has 2 aromatic heterocycles. The number of hydrogen-bond acceptors (Lipinski definition) is 9. The number of carbonyl (C=O) groups excluding carboxylic acids is 1. The number of amidine groups is 1. The molecule has 2 aromatic rings. The molecule has 13 heteroatoms. The fraction of sp³-hybridized carbons (Fsp3) is 0.444. The number of amides is 1. The molecule has 2 aliphatic rings. The van der Waals surface area contributed by atoms with Crippen molar-refractivity contribution in [1.82, 2.24) is 9.97 Å². The lowest BCUT2D eigenvalue weighted by Crippen LogP contribution is -2.52. The number of thiazole rings is 1. The molecule has 166 valence electrons. The van der Waals surface area contributed by atoms with Gasteiger partial charge < -0.3 is 25.3 Å². The average molecular weight is 457 g/mol. The van der Waals surface area contributed by atoms with E-state index in [1.54, 1.807) is 5.38 Å². The maximum atomic E-state index is 13.1. The van der Waals surface area contributed by atoms with Crippen LogP contribution in [0.25, 0.3) is 0 Å². The van der Waals surface area contributed by atoms with Gasteiger partial charge in [0.25, 0.3) is 11.9 Å². The molecule has 1 saturated heterocycles. The second-order valence-electron chi connectivity index (χ2n) is 6.95. The Labute approximate surface area is 178 Å². The van der Waals surface area contributed by atoms with Crippen LogP contribution in [-0.4, -0.2) is 54.5 Å². The first-order chi connectivity index (χ1) is 14.9. The van der Waals surface area contributed by atoms with E-state index in [2.05, 4.69) is 25.0 Å². The highest BCUT2D eigenvalue weighted by atomic mass is 32.1. The Morgan fingerprint density at radius 3 is 3.00 bits per heavy atom. The third-order valence-corrected chi connectivity index (χ3v) is 6.00. The molecule has 1 fully saturated rings. The molecule has 1 unspecified atom stereocenters. The minimum atomic E-state index is -2.98. The molecule has 2 aliphatic heterocycles. The largest absolute Gasteiger partial charge is 0.465 e. The molecule has 0 aromatic carbocycles. The summed E-state index contributed by atoms with van der Waals surface area (Å²) in [4.78, 5) is 25.1. The number of nitrogens with zero attached hydrogens (tertiary/aromatic N) is 3. The van der Waals surface area contributed by atoms with Gasteiger partial charge in [0.15, 0.2) is 0 Å². The Hall–Kier alpha value is -2.93. The van der Waals surface area contributed by atoms with Crippen LogP contribution in [0, 0.1) is 5.92 Å². The number of rotatable bonds is 6. The highest BCUT2D eigenvalue weighted by Gasteiger charge is 2.50. The number of pyridine rings is 1. The van der Waals surface area contributed by atoms with Crippen molar-refractivity contribution in [2.24, 2.45) is 16.6 Å². The van der Waals surface area contributed by atoms with Crippen molar-refractivity contribution in [2.45, 2.75) is 24.7 Å².